The fourth-order valence-electron chi connectivity index (χ4n) is 2.94. The quantitative estimate of drug-likeness (QED) is 0.691. The maximum Gasteiger partial charge on any atom is 0.127 e. The van der Waals surface area contributed by atoms with Crippen molar-refractivity contribution in [2.75, 3.05) is 13.1 Å². The molecule has 0 bridgehead atoms. The van der Waals surface area contributed by atoms with Gasteiger partial charge < -0.3 is 4.90 Å². The van der Waals surface area contributed by atoms with E-state index in [9.17, 15) is 0 Å². The molecule has 0 saturated carbocycles. The molecule has 0 radical (unpaired) electrons. The molecule has 2 rings (SSSR count). The summed E-state index contributed by atoms with van der Waals surface area (Å²) in [6, 6.07) is 0. The van der Waals surface area contributed by atoms with E-state index in [0.29, 0.717) is 5.92 Å². The van der Waals surface area contributed by atoms with E-state index in [0.717, 1.165) is 31.3 Å². The first-order valence-corrected chi connectivity index (χ1v) is 7.89. The minimum atomic E-state index is 0.676. The minimum absolute atomic E-state index is 0.676. The summed E-state index contributed by atoms with van der Waals surface area (Å²) in [6.45, 7) is 9.03. The number of amidine groups is 1. The molecule has 2 atom stereocenters. The molecule has 0 fully saturated rings. The first kappa shape index (κ1) is 14.4. The first-order chi connectivity index (χ1) is 9.20. The smallest absolute Gasteiger partial charge is 0.127 e. The molecule has 0 amide bonds. The van der Waals surface area contributed by atoms with Gasteiger partial charge in [-0.1, -0.05) is 46.1 Å². The van der Waals surface area contributed by atoms with Gasteiger partial charge in [-0.25, -0.2) is 0 Å². The van der Waals surface area contributed by atoms with Crippen LogP contribution in [0, 0.1) is 11.8 Å². The van der Waals surface area contributed by atoms with Gasteiger partial charge in [0.15, 0.2) is 0 Å². The van der Waals surface area contributed by atoms with E-state index >= 15 is 0 Å². The topological polar surface area (TPSA) is 15.6 Å². The van der Waals surface area contributed by atoms with Crippen LogP contribution in [0.5, 0.6) is 0 Å². The van der Waals surface area contributed by atoms with E-state index < -0.39 is 0 Å². The van der Waals surface area contributed by atoms with Crippen molar-refractivity contribution in [2.24, 2.45) is 16.8 Å². The highest BCUT2D eigenvalue weighted by molar-refractivity contribution is 5.95. The molecule has 0 saturated heterocycles. The molecule has 19 heavy (non-hydrogen) atoms. The van der Waals surface area contributed by atoms with E-state index in [1.54, 1.807) is 0 Å². The van der Waals surface area contributed by atoms with Gasteiger partial charge in [-0.3, -0.25) is 4.99 Å². The maximum absolute atomic E-state index is 4.70. The Morgan fingerprint density at radius 2 is 2.11 bits per heavy atom. The van der Waals surface area contributed by atoms with Crippen LogP contribution >= 0.6 is 0 Å². The molecule has 0 aliphatic carbocycles. The molecule has 0 aromatic heterocycles. The van der Waals surface area contributed by atoms with Crippen LogP contribution in [0.15, 0.2) is 28.9 Å². The largest absolute Gasteiger partial charge is 0.333 e. The maximum atomic E-state index is 4.70. The Morgan fingerprint density at radius 3 is 2.89 bits per heavy atom. The summed E-state index contributed by atoms with van der Waals surface area (Å²) in [6.07, 6.45) is 13.2. The van der Waals surface area contributed by atoms with Crippen molar-refractivity contribution in [3.63, 3.8) is 0 Å². The number of aliphatic imine (C=N–C) groups is 1. The second-order valence-corrected chi connectivity index (χ2v) is 6.14. The molecule has 2 heterocycles. The molecule has 2 aliphatic rings. The fourth-order valence-corrected chi connectivity index (χ4v) is 2.94. The van der Waals surface area contributed by atoms with E-state index in [1.165, 1.54) is 31.3 Å². The zero-order valence-corrected chi connectivity index (χ0v) is 12.7. The van der Waals surface area contributed by atoms with Gasteiger partial charge in [-0.05, 0) is 36.3 Å². The van der Waals surface area contributed by atoms with Gasteiger partial charge in [0.25, 0.3) is 0 Å². The van der Waals surface area contributed by atoms with Crippen LogP contribution in [0.2, 0.25) is 0 Å². The zero-order chi connectivity index (χ0) is 13.7. The van der Waals surface area contributed by atoms with Crippen molar-refractivity contribution in [3.05, 3.63) is 23.9 Å². The Hall–Kier alpha value is -1.05. The second-order valence-electron chi connectivity index (χ2n) is 6.14. The average Bonchev–Trinajstić information content (AvgIpc) is 2.44. The predicted molar refractivity (Wildman–Crippen MR) is 83.3 cm³/mol. The molecule has 2 nitrogen and oxygen atoms in total. The highest BCUT2D eigenvalue weighted by Gasteiger charge is 2.19. The van der Waals surface area contributed by atoms with Gasteiger partial charge in [-0.2, -0.15) is 0 Å². The Labute approximate surface area is 118 Å². The van der Waals surface area contributed by atoms with Gasteiger partial charge in [0.05, 0.1) is 6.54 Å². The minimum Gasteiger partial charge on any atom is -0.333 e. The Morgan fingerprint density at radius 1 is 1.26 bits per heavy atom. The van der Waals surface area contributed by atoms with Crippen LogP contribution in [0.1, 0.15) is 52.9 Å². The lowest BCUT2D eigenvalue weighted by atomic mass is 9.90. The Balaban J connectivity index is 1.85. The fraction of sp³-hybridized carbons (Fsp3) is 0.706. The SMILES string of the molecule is CCCC(C)CCC(C)C1=CN2CCC=CC2=NC1. The van der Waals surface area contributed by atoms with E-state index in [4.69, 9.17) is 4.99 Å². The summed E-state index contributed by atoms with van der Waals surface area (Å²) in [5, 5.41) is 0. The summed E-state index contributed by atoms with van der Waals surface area (Å²) in [7, 11) is 0. The molecular weight excluding hydrogens is 232 g/mol. The highest BCUT2D eigenvalue weighted by Crippen LogP contribution is 2.25. The monoisotopic (exact) mass is 260 g/mol. The van der Waals surface area contributed by atoms with Gasteiger partial charge in [-0.15, -0.1) is 0 Å². The molecule has 2 unspecified atom stereocenters. The third kappa shape index (κ3) is 3.95. The number of rotatable bonds is 6. The van der Waals surface area contributed by atoms with Gasteiger partial charge in [0, 0.05) is 12.7 Å². The van der Waals surface area contributed by atoms with E-state index in [1.807, 2.05) is 0 Å². The standard InChI is InChI=1S/C17H28N2/c1-4-7-14(2)9-10-15(3)16-12-18-17-8-5-6-11-19(17)13-16/h5,8,13-15H,4,6-7,9-12H2,1-3H3. The molecule has 2 heteroatoms. The summed E-state index contributed by atoms with van der Waals surface area (Å²) < 4.78 is 0. The number of nitrogens with zero attached hydrogens (tertiary/aromatic N) is 2. The van der Waals surface area contributed by atoms with Crippen LogP contribution in [-0.2, 0) is 0 Å². The van der Waals surface area contributed by atoms with Crippen molar-refractivity contribution in [2.45, 2.75) is 52.9 Å². The van der Waals surface area contributed by atoms with Crippen molar-refractivity contribution >= 4 is 5.84 Å². The second kappa shape index (κ2) is 6.93. The van der Waals surface area contributed by atoms with Crippen LogP contribution in [-0.4, -0.2) is 23.8 Å². The average molecular weight is 260 g/mol. The third-order valence-electron chi connectivity index (χ3n) is 4.35. The molecule has 0 N–H and O–H groups in total. The first-order valence-electron chi connectivity index (χ1n) is 7.89. The van der Waals surface area contributed by atoms with Crippen LogP contribution < -0.4 is 0 Å². The van der Waals surface area contributed by atoms with E-state index in [2.05, 4.69) is 44.0 Å². The Bertz CT molecular complexity index is 379. The highest BCUT2D eigenvalue weighted by atomic mass is 15.2. The Kier molecular flexibility index (Phi) is 5.24. The van der Waals surface area contributed by atoms with E-state index in [-0.39, 0.29) is 0 Å². The van der Waals surface area contributed by atoms with Gasteiger partial charge in [0.1, 0.15) is 5.84 Å². The lowest BCUT2D eigenvalue weighted by Crippen LogP contribution is -2.32. The number of fused-ring (bicyclic) bond motifs is 1. The molecular formula is C17H28N2. The predicted octanol–water partition coefficient (Wildman–Crippen LogP) is 4.40. The number of hydrogen-bond donors (Lipinski definition) is 0. The third-order valence-corrected chi connectivity index (χ3v) is 4.35. The summed E-state index contributed by atoms with van der Waals surface area (Å²) >= 11 is 0. The molecule has 0 aromatic carbocycles. The van der Waals surface area contributed by atoms with Crippen molar-refractivity contribution in [1.82, 2.24) is 4.90 Å². The zero-order valence-electron chi connectivity index (χ0n) is 12.7. The number of hydrogen-bond acceptors (Lipinski definition) is 2. The normalized spacial score (nSPS) is 21.5. The lowest BCUT2D eigenvalue weighted by Gasteiger charge is -2.30. The van der Waals surface area contributed by atoms with Gasteiger partial charge >= 0.3 is 0 Å². The molecule has 106 valence electrons. The summed E-state index contributed by atoms with van der Waals surface area (Å²) in [5.41, 5.74) is 1.52. The molecule has 0 aromatic rings. The van der Waals surface area contributed by atoms with Crippen molar-refractivity contribution < 1.29 is 0 Å². The van der Waals surface area contributed by atoms with Gasteiger partial charge in [0.2, 0.25) is 0 Å². The molecule has 0 spiro atoms. The van der Waals surface area contributed by atoms with Crippen LogP contribution in [0.25, 0.3) is 0 Å². The van der Waals surface area contributed by atoms with Crippen molar-refractivity contribution in [3.8, 4) is 0 Å². The van der Waals surface area contributed by atoms with Crippen LogP contribution in [0.3, 0.4) is 0 Å². The lowest BCUT2D eigenvalue weighted by molar-refractivity contribution is 0.424. The summed E-state index contributed by atoms with van der Waals surface area (Å²) in [5.74, 6) is 2.70. The van der Waals surface area contributed by atoms with Crippen LogP contribution in [0.4, 0.5) is 0 Å². The van der Waals surface area contributed by atoms with Crippen molar-refractivity contribution in [1.29, 1.82) is 0 Å². The molecule has 2 aliphatic heterocycles. The summed E-state index contributed by atoms with van der Waals surface area (Å²) in [4.78, 5) is 7.03.